The third kappa shape index (κ3) is 4.92. The standard InChI is InChI=1S/C31H34N6O3/c1-3-8-23-12-4-5-14-36(23)30(38)22-11-6-9-20(15-22)21-10-7-13-24(16-21)37-29(27(18-32-37)31(39)40)26-17-25(26)28-19-35(2)34-33-28/h6-7,9-11,13,15-16,18-19,23,25-26H,3-5,8,12,14,17H2,1-2H3,(H,39,40)/t23-,25+,26+/m1/s1. The predicted octanol–water partition coefficient (Wildman–Crippen LogP) is 5.43. The Labute approximate surface area is 233 Å². The highest BCUT2D eigenvalue weighted by atomic mass is 16.4. The van der Waals surface area contributed by atoms with Crippen molar-refractivity contribution < 1.29 is 14.7 Å². The van der Waals surface area contributed by atoms with E-state index in [0.717, 1.165) is 61.2 Å². The Morgan fingerprint density at radius 3 is 2.60 bits per heavy atom. The van der Waals surface area contributed by atoms with Crippen LogP contribution in [0.1, 0.15) is 89.4 Å². The van der Waals surface area contributed by atoms with Crippen molar-refractivity contribution in [1.82, 2.24) is 29.7 Å². The minimum Gasteiger partial charge on any atom is -0.478 e. The summed E-state index contributed by atoms with van der Waals surface area (Å²) in [6.45, 7) is 2.99. The number of likely N-dealkylation sites (tertiary alicyclic amines) is 1. The summed E-state index contributed by atoms with van der Waals surface area (Å²) in [5.41, 5.74) is 5.10. The highest BCUT2D eigenvalue weighted by molar-refractivity contribution is 5.96. The van der Waals surface area contributed by atoms with Crippen LogP contribution in [0, 0.1) is 0 Å². The molecule has 2 aromatic heterocycles. The summed E-state index contributed by atoms with van der Waals surface area (Å²) in [6.07, 6.45) is 9.53. The van der Waals surface area contributed by atoms with E-state index in [2.05, 4.69) is 27.2 Å². The second-order valence-corrected chi connectivity index (χ2v) is 11.0. The second-order valence-electron chi connectivity index (χ2n) is 11.0. The molecule has 0 radical (unpaired) electrons. The molecule has 1 aliphatic heterocycles. The number of aryl methyl sites for hydroxylation is 1. The van der Waals surface area contributed by atoms with Gasteiger partial charge in [-0.1, -0.05) is 42.8 Å². The first-order chi connectivity index (χ1) is 19.4. The van der Waals surface area contributed by atoms with Gasteiger partial charge in [0.2, 0.25) is 0 Å². The average Bonchev–Trinajstić information content (AvgIpc) is 3.41. The fraction of sp³-hybridized carbons (Fsp3) is 0.387. The van der Waals surface area contributed by atoms with Crippen LogP contribution in [-0.2, 0) is 7.05 Å². The molecule has 40 heavy (non-hydrogen) atoms. The number of nitrogens with zero attached hydrogens (tertiary/aromatic N) is 6. The monoisotopic (exact) mass is 538 g/mol. The van der Waals surface area contributed by atoms with Crippen LogP contribution in [0.5, 0.6) is 0 Å². The molecule has 1 N–H and O–H groups in total. The van der Waals surface area contributed by atoms with Crippen LogP contribution >= 0.6 is 0 Å². The molecule has 3 heterocycles. The molecule has 3 atom stereocenters. The first-order valence-electron chi connectivity index (χ1n) is 14.1. The molecule has 6 rings (SSSR count). The van der Waals surface area contributed by atoms with Gasteiger partial charge in [-0.2, -0.15) is 5.10 Å². The van der Waals surface area contributed by atoms with Crippen LogP contribution in [0.3, 0.4) is 0 Å². The summed E-state index contributed by atoms with van der Waals surface area (Å²) in [6, 6.07) is 16.0. The first kappa shape index (κ1) is 26.0. The zero-order valence-electron chi connectivity index (χ0n) is 22.9. The summed E-state index contributed by atoms with van der Waals surface area (Å²) < 4.78 is 3.41. The molecular formula is C31H34N6O3. The quantitative estimate of drug-likeness (QED) is 0.321. The van der Waals surface area contributed by atoms with Crippen molar-refractivity contribution in [2.75, 3.05) is 6.54 Å². The number of hydrogen-bond acceptors (Lipinski definition) is 5. The van der Waals surface area contributed by atoms with E-state index in [1.165, 1.54) is 12.6 Å². The minimum absolute atomic E-state index is 0.00415. The SMILES string of the molecule is CCC[C@@H]1CCCCN1C(=O)c1cccc(-c2cccc(-n3ncc(C(=O)O)c3[C@H]3C[C@@H]3c3cn(C)nn3)c2)c1. The maximum absolute atomic E-state index is 13.5. The molecule has 0 spiro atoms. The van der Waals surface area contributed by atoms with Crippen LogP contribution in [-0.4, -0.2) is 59.2 Å². The zero-order chi connectivity index (χ0) is 27.8. The van der Waals surface area contributed by atoms with Gasteiger partial charge in [0, 0.05) is 43.2 Å². The molecule has 2 fully saturated rings. The largest absolute Gasteiger partial charge is 0.478 e. The lowest BCUT2D eigenvalue weighted by Crippen LogP contribution is -2.43. The van der Waals surface area contributed by atoms with Gasteiger partial charge in [-0.05, 0) is 67.5 Å². The number of rotatable bonds is 8. The van der Waals surface area contributed by atoms with Crippen molar-refractivity contribution in [3.8, 4) is 16.8 Å². The molecule has 0 unspecified atom stereocenters. The van der Waals surface area contributed by atoms with Gasteiger partial charge in [0.15, 0.2) is 0 Å². The van der Waals surface area contributed by atoms with E-state index < -0.39 is 5.97 Å². The minimum atomic E-state index is -0.993. The molecule has 1 saturated heterocycles. The van der Waals surface area contributed by atoms with Crippen LogP contribution in [0.15, 0.2) is 60.9 Å². The Kier molecular flexibility index (Phi) is 6.96. The summed E-state index contributed by atoms with van der Waals surface area (Å²) in [5.74, 6) is -0.789. The van der Waals surface area contributed by atoms with Crippen molar-refractivity contribution in [3.05, 3.63) is 83.4 Å². The molecule has 2 aromatic carbocycles. The van der Waals surface area contributed by atoms with Crippen molar-refractivity contribution >= 4 is 11.9 Å². The number of benzene rings is 2. The van der Waals surface area contributed by atoms with Crippen LogP contribution < -0.4 is 0 Å². The molecule has 1 saturated carbocycles. The fourth-order valence-corrected chi connectivity index (χ4v) is 6.16. The lowest BCUT2D eigenvalue weighted by molar-refractivity contribution is 0.0600. The van der Waals surface area contributed by atoms with Gasteiger partial charge in [0.05, 0.1) is 23.3 Å². The van der Waals surface area contributed by atoms with Crippen molar-refractivity contribution in [3.63, 3.8) is 0 Å². The second kappa shape index (κ2) is 10.7. The summed E-state index contributed by atoms with van der Waals surface area (Å²) in [5, 5.41) is 22.7. The average molecular weight is 539 g/mol. The van der Waals surface area contributed by atoms with Gasteiger partial charge in [-0.15, -0.1) is 5.10 Å². The lowest BCUT2D eigenvalue weighted by Gasteiger charge is -2.36. The van der Waals surface area contributed by atoms with Gasteiger partial charge in [0.25, 0.3) is 5.91 Å². The van der Waals surface area contributed by atoms with Crippen molar-refractivity contribution in [1.29, 1.82) is 0 Å². The van der Waals surface area contributed by atoms with E-state index in [1.807, 2.05) is 61.8 Å². The number of carboxylic acids is 1. The number of amides is 1. The Bertz CT molecular complexity index is 1550. The van der Waals surface area contributed by atoms with Gasteiger partial charge >= 0.3 is 5.97 Å². The number of carbonyl (C=O) groups is 2. The molecule has 9 heteroatoms. The predicted molar refractivity (Wildman–Crippen MR) is 151 cm³/mol. The maximum atomic E-state index is 13.5. The first-order valence-corrected chi connectivity index (χ1v) is 14.1. The van der Waals surface area contributed by atoms with Crippen LogP contribution in [0.4, 0.5) is 0 Å². The highest BCUT2D eigenvalue weighted by Crippen LogP contribution is 2.55. The molecule has 1 amide bonds. The van der Waals surface area contributed by atoms with E-state index in [1.54, 1.807) is 9.36 Å². The maximum Gasteiger partial charge on any atom is 0.339 e. The fourth-order valence-electron chi connectivity index (χ4n) is 6.16. The van der Waals surface area contributed by atoms with E-state index in [0.29, 0.717) is 17.3 Å². The summed E-state index contributed by atoms with van der Waals surface area (Å²) in [7, 11) is 1.82. The number of piperidine rings is 1. The molecule has 1 aliphatic carbocycles. The normalized spacial score (nSPS) is 20.4. The van der Waals surface area contributed by atoms with E-state index >= 15 is 0 Å². The highest BCUT2D eigenvalue weighted by Gasteiger charge is 2.46. The summed E-state index contributed by atoms with van der Waals surface area (Å²) in [4.78, 5) is 27.7. The Morgan fingerprint density at radius 1 is 1.05 bits per heavy atom. The molecule has 206 valence electrons. The zero-order valence-corrected chi connectivity index (χ0v) is 22.9. The third-order valence-electron chi connectivity index (χ3n) is 8.22. The van der Waals surface area contributed by atoms with E-state index in [-0.39, 0.29) is 23.3 Å². The summed E-state index contributed by atoms with van der Waals surface area (Å²) >= 11 is 0. The molecule has 2 aliphatic rings. The Morgan fingerprint density at radius 2 is 1.85 bits per heavy atom. The molecule has 0 bridgehead atoms. The number of carbonyl (C=O) groups excluding carboxylic acids is 1. The van der Waals surface area contributed by atoms with Crippen molar-refractivity contribution in [2.24, 2.45) is 7.05 Å². The number of aromatic carboxylic acids is 1. The smallest absolute Gasteiger partial charge is 0.339 e. The number of carboxylic acid groups (broad SMARTS) is 1. The van der Waals surface area contributed by atoms with Gasteiger partial charge in [0.1, 0.15) is 5.56 Å². The van der Waals surface area contributed by atoms with Crippen LogP contribution in [0.2, 0.25) is 0 Å². The van der Waals surface area contributed by atoms with E-state index in [4.69, 9.17) is 0 Å². The molecular weight excluding hydrogens is 504 g/mol. The third-order valence-corrected chi connectivity index (χ3v) is 8.22. The number of hydrogen-bond donors (Lipinski definition) is 1. The topological polar surface area (TPSA) is 106 Å². The van der Waals surface area contributed by atoms with Crippen LogP contribution in [0.25, 0.3) is 16.8 Å². The molecule has 9 nitrogen and oxygen atoms in total. The number of aromatic nitrogens is 5. The molecule has 4 aromatic rings. The Balaban J connectivity index is 1.31. The lowest BCUT2D eigenvalue weighted by atomic mass is 9.96. The Hall–Kier alpha value is -4.27. The van der Waals surface area contributed by atoms with Gasteiger partial charge < -0.3 is 10.0 Å². The van der Waals surface area contributed by atoms with Gasteiger partial charge in [-0.3, -0.25) is 9.48 Å². The van der Waals surface area contributed by atoms with E-state index in [9.17, 15) is 14.7 Å². The van der Waals surface area contributed by atoms with Crippen molar-refractivity contribution in [2.45, 2.75) is 63.3 Å². The van der Waals surface area contributed by atoms with Gasteiger partial charge in [-0.25, -0.2) is 9.48 Å².